The predicted molar refractivity (Wildman–Crippen MR) is 98.3 cm³/mol. The third kappa shape index (κ3) is 3.30. The molecule has 0 atom stereocenters. The quantitative estimate of drug-likeness (QED) is 0.655. The van der Waals surface area contributed by atoms with E-state index in [1.807, 2.05) is 13.1 Å². The third-order valence-corrected chi connectivity index (χ3v) is 5.95. The van der Waals surface area contributed by atoms with Crippen molar-refractivity contribution >= 4 is 28.0 Å². The first-order valence-electron chi connectivity index (χ1n) is 8.01. The fourth-order valence-corrected chi connectivity index (χ4v) is 4.71. The van der Waals surface area contributed by atoms with Gasteiger partial charge >= 0.3 is 0 Å². The summed E-state index contributed by atoms with van der Waals surface area (Å²) in [5.74, 6) is -2.01. The van der Waals surface area contributed by atoms with Crippen LogP contribution in [0.3, 0.4) is 0 Å². The van der Waals surface area contributed by atoms with Gasteiger partial charge in [-0.1, -0.05) is 12.1 Å². The van der Waals surface area contributed by atoms with Crippen LogP contribution < -0.4 is 13.9 Å². The zero-order chi connectivity index (χ0) is 18.0. The van der Waals surface area contributed by atoms with Crippen LogP contribution in [0.15, 0.2) is 42.5 Å². The fraction of sp³-hybridized carbons (Fsp3) is 0.294. The molecule has 0 unspecified atom stereocenters. The Kier molecular flexibility index (Phi) is 5.14. The second-order valence-corrected chi connectivity index (χ2v) is 7.57. The predicted octanol–water partition coefficient (Wildman–Crippen LogP) is 4.50. The van der Waals surface area contributed by atoms with E-state index in [0.717, 1.165) is 31.5 Å². The maximum Gasteiger partial charge on any atom is 0.160 e. The van der Waals surface area contributed by atoms with Gasteiger partial charge in [0.15, 0.2) is 11.6 Å². The zero-order valence-corrected chi connectivity index (χ0v) is 14.6. The van der Waals surface area contributed by atoms with Gasteiger partial charge in [-0.3, -0.25) is 13.4 Å². The summed E-state index contributed by atoms with van der Waals surface area (Å²) in [4.78, 5) is 0. The van der Waals surface area contributed by atoms with E-state index in [1.54, 1.807) is 22.5 Å². The molecule has 0 bridgehead atoms. The summed E-state index contributed by atoms with van der Waals surface area (Å²) in [7, 11) is -1.54. The van der Waals surface area contributed by atoms with Crippen molar-refractivity contribution in [1.82, 2.24) is 5.32 Å². The average Bonchev–Trinajstić information content (AvgIpc) is 2.81. The Morgan fingerprint density at radius 2 is 1.72 bits per heavy atom. The lowest BCUT2D eigenvalue weighted by Crippen LogP contribution is -2.32. The van der Waals surface area contributed by atoms with Crippen molar-refractivity contribution in [3.05, 3.63) is 54.1 Å². The lowest BCUT2D eigenvalue weighted by molar-refractivity contribution is 0.482. The Morgan fingerprint density at radius 3 is 2.40 bits per heavy atom. The summed E-state index contributed by atoms with van der Waals surface area (Å²) in [5, 5.41) is 3.05. The number of hydrogen-bond donors (Lipinski definition) is 3. The number of para-hydroxylation sites is 2. The Bertz CT molecular complexity index is 760. The topological polar surface area (TPSA) is 59.0 Å². The summed E-state index contributed by atoms with van der Waals surface area (Å²) in [5.41, 5.74) is 1.42. The van der Waals surface area contributed by atoms with E-state index < -0.39 is 22.6 Å². The molecule has 0 aliphatic carbocycles. The number of nitrogens with one attached hydrogen (secondary N) is 1. The molecule has 2 aromatic carbocycles. The maximum absolute atomic E-state index is 13.7. The van der Waals surface area contributed by atoms with E-state index in [0.29, 0.717) is 17.9 Å². The van der Waals surface area contributed by atoms with E-state index in [9.17, 15) is 17.9 Å². The first-order chi connectivity index (χ1) is 12.0. The molecule has 136 valence electrons. The van der Waals surface area contributed by atoms with Crippen molar-refractivity contribution in [2.75, 3.05) is 28.7 Å². The van der Waals surface area contributed by atoms with Gasteiger partial charge in [-0.05, 0) is 61.7 Å². The van der Waals surface area contributed by atoms with E-state index >= 15 is 0 Å². The largest absolute Gasteiger partial charge is 0.320 e. The van der Waals surface area contributed by atoms with Crippen LogP contribution in [0.4, 0.5) is 25.8 Å². The van der Waals surface area contributed by atoms with Crippen LogP contribution in [0.25, 0.3) is 0 Å². The molecule has 0 saturated heterocycles. The standard InChI is InChI=1S/C17H21F2N3O2S/c1-20-10-4-5-11-21-16-6-2-3-7-17(16)22(25(21,23)24)13-8-9-14(18)15(19)12-13/h2-3,6-9,12,20,23-24H,4-5,10-11H2,1H3. The van der Waals surface area contributed by atoms with Crippen molar-refractivity contribution in [1.29, 1.82) is 0 Å². The number of nitrogens with zero attached hydrogens (tertiary/aromatic N) is 2. The Morgan fingerprint density at radius 1 is 1.00 bits per heavy atom. The molecule has 3 rings (SSSR count). The van der Waals surface area contributed by atoms with Crippen LogP contribution in [0.5, 0.6) is 0 Å². The van der Waals surface area contributed by atoms with E-state index in [2.05, 4.69) is 5.32 Å². The number of unbranched alkanes of at least 4 members (excludes halogenated alkanes) is 1. The number of fused-ring (bicyclic) bond motifs is 1. The number of rotatable bonds is 6. The van der Waals surface area contributed by atoms with Crippen molar-refractivity contribution in [2.45, 2.75) is 12.8 Å². The van der Waals surface area contributed by atoms with Crippen LogP contribution in [-0.4, -0.2) is 29.2 Å². The second-order valence-electron chi connectivity index (χ2n) is 5.78. The lowest BCUT2D eigenvalue weighted by atomic mass is 10.2. The minimum atomic E-state index is -3.40. The molecule has 25 heavy (non-hydrogen) atoms. The van der Waals surface area contributed by atoms with E-state index in [4.69, 9.17) is 0 Å². The molecule has 0 spiro atoms. The van der Waals surface area contributed by atoms with E-state index in [-0.39, 0.29) is 5.69 Å². The average molecular weight is 369 g/mol. The highest BCUT2D eigenvalue weighted by Gasteiger charge is 2.41. The molecule has 8 heteroatoms. The van der Waals surface area contributed by atoms with Crippen molar-refractivity contribution in [2.24, 2.45) is 0 Å². The van der Waals surface area contributed by atoms with Gasteiger partial charge in [-0.2, -0.15) is 0 Å². The summed E-state index contributed by atoms with van der Waals surface area (Å²) >= 11 is 0. The van der Waals surface area contributed by atoms with Crippen molar-refractivity contribution in [3.8, 4) is 0 Å². The Hall–Kier alpha value is -1.87. The van der Waals surface area contributed by atoms with Crippen molar-refractivity contribution < 1.29 is 17.9 Å². The molecule has 1 aliphatic heterocycles. The molecule has 2 aromatic rings. The van der Waals surface area contributed by atoms with Crippen LogP contribution in [0.1, 0.15) is 12.8 Å². The number of benzene rings is 2. The minimum Gasteiger partial charge on any atom is -0.320 e. The van der Waals surface area contributed by atoms with Gasteiger partial charge in [0.2, 0.25) is 0 Å². The van der Waals surface area contributed by atoms with E-state index in [1.165, 1.54) is 10.4 Å². The summed E-state index contributed by atoms with van der Waals surface area (Å²) in [6.45, 7) is 1.28. The molecule has 0 fully saturated rings. The molecular weight excluding hydrogens is 348 g/mol. The van der Waals surface area contributed by atoms with Gasteiger partial charge in [-0.25, -0.2) is 13.1 Å². The van der Waals surface area contributed by atoms with Crippen LogP contribution >= 0.6 is 11.0 Å². The Balaban J connectivity index is 1.97. The molecule has 1 aliphatic rings. The van der Waals surface area contributed by atoms with Crippen molar-refractivity contribution in [3.63, 3.8) is 0 Å². The summed E-state index contributed by atoms with van der Waals surface area (Å²) in [6.07, 6.45) is 1.65. The van der Waals surface area contributed by atoms with Gasteiger partial charge in [0.25, 0.3) is 0 Å². The summed E-state index contributed by atoms with van der Waals surface area (Å²) in [6, 6.07) is 10.4. The lowest BCUT2D eigenvalue weighted by Gasteiger charge is -2.43. The molecule has 0 radical (unpaired) electrons. The summed E-state index contributed by atoms with van der Waals surface area (Å²) < 4.78 is 51.5. The van der Waals surface area contributed by atoms with Gasteiger partial charge in [0.1, 0.15) is 0 Å². The molecule has 1 heterocycles. The minimum absolute atomic E-state index is 0.198. The number of hydrogen-bond acceptors (Lipinski definition) is 5. The van der Waals surface area contributed by atoms with Gasteiger partial charge < -0.3 is 5.32 Å². The smallest absolute Gasteiger partial charge is 0.160 e. The second kappa shape index (κ2) is 7.17. The Labute approximate surface area is 147 Å². The molecule has 5 nitrogen and oxygen atoms in total. The molecular formula is C17H21F2N3O2S. The number of halogens is 2. The zero-order valence-electron chi connectivity index (χ0n) is 13.8. The fourth-order valence-electron chi connectivity index (χ4n) is 2.90. The highest BCUT2D eigenvalue weighted by Crippen LogP contribution is 2.64. The molecule has 0 amide bonds. The first-order valence-corrected chi connectivity index (χ1v) is 9.47. The molecule has 0 aromatic heterocycles. The normalized spacial score (nSPS) is 16.8. The van der Waals surface area contributed by atoms with Crippen LogP contribution in [-0.2, 0) is 0 Å². The van der Waals surface area contributed by atoms with Gasteiger partial charge in [-0.15, -0.1) is 0 Å². The van der Waals surface area contributed by atoms with Crippen LogP contribution in [0, 0.1) is 11.6 Å². The van der Waals surface area contributed by atoms with Gasteiger partial charge in [0, 0.05) is 12.6 Å². The molecule has 3 N–H and O–H groups in total. The highest BCUT2D eigenvalue weighted by atomic mass is 32.3. The SMILES string of the molecule is CNCCCCN1c2ccccc2N(c2ccc(F)c(F)c2)S1(O)O. The highest BCUT2D eigenvalue weighted by molar-refractivity contribution is 8.27. The molecule has 0 saturated carbocycles. The monoisotopic (exact) mass is 369 g/mol. The van der Waals surface area contributed by atoms with Gasteiger partial charge in [0.05, 0.1) is 17.1 Å². The maximum atomic E-state index is 13.7. The number of anilines is 3. The van der Waals surface area contributed by atoms with Crippen LogP contribution in [0.2, 0.25) is 0 Å². The first kappa shape index (κ1) is 17.9. The third-order valence-electron chi connectivity index (χ3n) is 4.09.